The molecule has 3 aromatic heterocycles. The molecule has 13 rings (SSSR count). The fraction of sp³-hybridized carbons (Fsp3) is 0. The fourth-order valence-electron chi connectivity index (χ4n) is 9.41. The summed E-state index contributed by atoms with van der Waals surface area (Å²) in [7, 11) is 0. The molecule has 0 saturated carbocycles. The van der Waals surface area contributed by atoms with Gasteiger partial charge in [0.1, 0.15) is 11.2 Å². The van der Waals surface area contributed by atoms with Crippen LogP contribution < -0.4 is 0 Å². The average Bonchev–Trinajstić information content (AvgIpc) is 3.88. The Bertz CT molecular complexity index is 3810. The molecule has 278 valence electrons. The molecule has 0 fully saturated rings. The van der Waals surface area contributed by atoms with Gasteiger partial charge < -0.3 is 4.42 Å². The van der Waals surface area contributed by atoms with Crippen LogP contribution in [-0.2, 0) is 0 Å². The summed E-state index contributed by atoms with van der Waals surface area (Å²) in [6.07, 6.45) is 0. The summed E-state index contributed by atoms with van der Waals surface area (Å²) in [5, 5.41) is 13.5. The van der Waals surface area contributed by atoms with Gasteiger partial charge in [0, 0.05) is 38.1 Å². The number of rotatable bonds is 4. The van der Waals surface area contributed by atoms with E-state index >= 15 is 0 Å². The molecule has 0 aliphatic rings. The Morgan fingerprint density at radius 3 is 1.62 bits per heavy atom. The summed E-state index contributed by atoms with van der Waals surface area (Å²) in [6.45, 7) is 0. The molecule has 0 aliphatic heterocycles. The molecule has 0 radical (unpaired) electrons. The van der Waals surface area contributed by atoms with Crippen molar-refractivity contribution in [3.8, 4) is 39.9 Å². The number of hydrogen-bond donors (Lipinski definition) is 0. The Labute approximate surface area is 343 Å². The summed E-state index contributed by atoms with van der Waals surface area (Å²) in [6, 6.07) is 68.6. The summed E-state index contributed by atoms with van der Waals surface area (Å²) < 4.78 is 8.89. The highest BCUT2D eigenvalue weighted by atomic mass is 16.3. The van der Waals surface area contributed by atoms with E-state index in [9.17, 15) is 0 Å². The fourth-order valence-corrected chi connectivity index (χ4v) is 9.41. The van der Waals surface area contributed by atoms with Gasteiger partial charge in [0.05, 0.1) is 11.0 Å². The molecule has 10 aromatic carbocycles. The number of benzene rings is 10. The number of fused-ring (bicyclic) bond motifs is 13. The molecule has 0 atom stereocenters. The van der Waals surface area contributed by atoms with Crippen LogP contribution in [0.15, 0.2) is 199 Å². The highest BCUT2D eigenvalue weighted by Gasteiger charge is 2.23. The quantitative estimate of drug-likeness (QED) is 0.179. The molecule has 0 N–H and O–H groups in total. The normalized spacial score (nSPS) is 12.0. The van der Waals surface area contributed by atoms with Crippen LogP contribution in [0.4, 0.5) is 0 Å². The minimum absolute atomic E-state index is 0.550. The predicted octanol–water partition coefficient (Wildman–Crippen LogP) is 14.5. The van der Waals surface area contributed by atoms with Crippen LogP contribution in [0.2, 0.25) is 0 Å². The number of nitrogens with zero attached hydrogens (tertiary/aromatic N) is 4. The van der Waals surface area contributed by atoms with E-state index in [-0.39, 0.29) is 0 Å². The summed E-state index contributed by atoms with van der Waals surface area (Å²) >= 11 is 0. The van der Waals surface area contributed by atoms with Crippen LogP contribution in [0.1, 0.15) is 0 Å². The molecule has 3 heterocycles. The topological polar surface area (TPSA) is 56.7 Å². The van der Waals surface area contributed by atoms with Crippen molar-refractivity contribution < 1.29 is 4.42 Å². The maximum atomic E-state index is 6.66. The van der Waals surface area contributed by atoms with Crippen LogP contribution in [0.5, 0.6) is 0 Å². The lowest BCUT2D eigenvalue weighted by Gasteiger charge is -2.13. The van der Waals surface area contributed by atoms with Gasteiger partial charge in [-0.2, -0.15) is 9.97 Å². The summed E-state index contributed by atoms with van der Waals surface area (Å²) in [5.41, 5.74) is 7.89. The van der Waals surface area contributed by atoms with E-state index in [0.717, 1.165) is 65.6 Å². The van der Waals surface area contributed by atoms with Crippen molar-refractivity contribution in [3.63, 3.8) is 0 Å². The van der Waals surface area contributed by atoms with Gasteiger partial charge in [0.2, 0.25) is 5.95 Å². The molecule has 13 aromatic rings. The second-order valence-corrected chi connectivity index (χ2v) is 15.6. The zero-order valence-electron chi connectivity index (χ0n) is 32.2. The van der Waals surface area contributed by atoms with Crippen LogP contribution in [-0.4, -0.2) is 19.5 Å². The second kappa shape index (κ2) is 12.7. The van der Waals surface area contributed by atoms with Gasteiger partial charge in [0.15, 0.2) is 11.6 Å². The maximum Gasteiger partial charge on any atom is 0.238 e. The molecular formula is C55H32N4O. The molecule has 60 heavy (non-hydrogen) atoms. The SMILES string of the molecule is c1ccc(-c2ccc3cc(-c4nc(-c5cc6ccccc6c6oc7ccccc7c56)nc(-n5c6ccc7ccccc7c6c6c7ccccc7ccc65)n4)ccc3c2)cc1. The zero-order chi connectivity index (χ0) is 39.3. The highest BCUT2D eigenvalue weighted by Crippen LogP contribution is 2.43. The smallest absolute Gasteiger partial charge is 0.238 e. The van der Waals surface area contributed by atoms with E-state index in [4.69, 9.17) is 19.4 Å². The van der Waals surface area contributed by atoms with E-state index in [2.05, 4.69) is 187 Å². The van der Waals surface area contributed by atoms with E-state index < -0.39 is 0 Å². The molecule has 5 heteroatoms. The number of furan rings is 1. The van der Waals surface area contributed by atoms with Gasteiger partial charge in [-0.1, -0.05) is 158 Å². The number of aromatic nitrogens is 4. The number of hydrogen-bond acceptors (Lipinski definition) is 4. The highest BCUT2D eigenvalue weighted by molar-refractivity contribution is 6.28. The molecule has 0 unspecified atom stereocenters. The molecule has 0 aliphatic carbocycles. The predicted molar refractivity (Wildman–Crippen MR) is 248 cm³/mol. The lowest BCUT2D eigenvalue weighted by atomic mass is 9.99. The molecule has 5 nitrogen and oxygen atoms in total. The van der Waals surface area contributed by atoms with Crippen molar-refractivity contribution in [2.24, 2.45) is 0 Å². The van der Waals surface area contributed by atoms with Gasteiger partial charge >= 0.3 is 0 Å². The second-order valence-electron chi connectivity index (χ2n) is 15.6. The van der Waals surface area contributed by atoms with Crippen molar-refractivity contribution in [3.05, 3.63) is 194 Å². The first-order chi connectivity index (χ1) is 29.7. The minimum atomic E-state index is 0.550. The summed E-state index contributed by atoms with van der Waals surface area (Å²) in [4.78, 5) is 16.3. The first kappa shape index (κ1) is 32.9. The van der Waals surface area contributed by atoms with Crippen molar-refractivity contribution in [1.82, 2.24) is 19.5 Å². The van der Waals surface area contributed by atoms with Crippen LogP contribution in [0.25, 0.3) is 127 Å². The van der Waals surface area contributed by atoms with E-state index in [1.54, 1.807) is 0 Å². The first-order valence-electron chi connectivity index (χ1n) is 20.3. The van der Waals surface area contributed by atoms with Crippen LogP contribution in [0, 0.1) is 0 Å². The standard InChI is InChI=1S/C55H32N4O/c1-2-12-33(13-3-1)36-22-23-38-31-40(25-24-37(38)30-36)53-56-54(45-32-39-16-6-9-19-43(39)52-49(45)44-20-10-11-21-48(44)60-52)58-55(57-53)59-46-28-26-34-14-4-7-17-41(34)50(46)51-42-18-8-5-15-35(42)27-29-47(51)59/h1-32H. The van der Waals surface area contributed by atoms with Gasteiger partial charge in [0.25, 0.3) is 0 Å². The minimum Gasteiger partial charge on any atom is -0.455 e. The number of para-hydroxylation sites is 1. The third-order valence-corrected chi connectivity index (χ3v) is 12.2. The maximum absolute atomic E-state index is 6.66. The molecule has 0 bridgehead atoms. The molecule has 0 saturated heterocycles. The van der Waals surface area contributed by atoms with Crippen molar-refractivity contribution in [1.29, 1.82) is 0 Å². The molecule has 0 amide bonds. The first-order valence-corrected chi connectivity index (χ1v) is 20.3. The van der Waals surface area contributed by atoms with E-state index in [1.165, 1.54) is 43.4 Å². The van der Waals surface area contributed by atoms with Crippen molar-refractivity contribution in [2.75, 3.05) is 0 Å². The lowest BCUT2D eigenvalue weighted by molar-refractivity contribution is 0.672. The van der Waals surface area contributed by atoms with Gasteiger partial charge in [-0.15, -0.1) is 0 Å². The Kier molecular flexibility index (Phi) is 6.95. The van der Waals surface area contributed by atoms with Gasteiger partial charge in [-0.05, 0) is 85.2 Å². The lowest BCUT2D eigenvalue weighted by Crippen LogP contribution is -2.06. The third-order valence-electron chi connectivity index (χ3n) is 12.2. The largest absolute Gasteiger partial charge is 0.455 e. The Morgan fingerprint density at radius 1 is 0.350 bits per heavy atom. The van der Waals surface area contributed by atoms with Crippen LogP contribution >= 0.6 is 0 Å². The van der Waals surface area contributed by atoms with E-state index in [0.29, 0.717) is 17.6 Å². The molecular weight excluding hydrogens is 733 g/mol. The monoisotopic (exact) mass is 764 g/mol. The van der Waals surface area contributed by atoms with Crippen molar-refractivity contribution >= 4 is 86.8 Å². The van der Waals surface area contributed by atoms with Gasteiger partial charge in [-0.3, -0.25) is 4.57 Å². The average molecular weight is 765 g/mol. The Balaban J connectivity index is 1.13. The van der Waals surface area contributed by atoms with Crippen molar-refractivity contribution in [2.45, 2.75) is 0 Å². The third kappa shape index (κ3) is 4.90. The van der Waals surface area contributed by atoms with Gasteiger partial charge in [-0.25, -0.2) is 4.98 Å². The summed E-state index contributed by atoms with van der Waals surface area (Å²) in [5.74, 6) is 1.72. The van der Waals surface area contributed by atoms with Crippen LogP contribution in [0.3, 0.4) is 0 Å². The Hall–Kier alpha value is -8.15. The molecule has 0 spiro atoms. The van der Waals surface area contributed by atoms with E-state index in [1.807, 2.05) is 12.1 Å². The zero-order valence-corrected chi connectivity index (χ0v) is 32.2. The Morgan fingerprint density at radius 2 is 0.900 bits per heavy atom.